The maximum absolute atomic E-state index is 11.4. The number of halogens is 1. The molecule has 0 amide bonds. The minimum absolute atomic E-state index is 0.0636. The Labute approximate surface area is 91.8 Å². The predicted octanol–water partition coefficient (Wildman–Crippen LogP) is 3.17. The Morgan fingerprint density at radius 3 is 2.50 bits per heavy atom. The van der Waals surface area contributed by atoms with Crippen molar-refractivity contribution in [3.63, 3.8) is 0 Å². The Hall–Kier alpha value is -0.150. The summed E-state index contributed by atoms with van der Waals surface area (Å²) in [6, 6.07) is 7.26. The van der Waals surface area contributed by atoms with Crippen molar-refractivity contribution in [3.05, 3.63) is 34.3 Å². The highest BCUT2D eigenvalue weighted by molar-refractivity contribution is 9.10. The molecule has 3 nitrogen and oxygen atoms in total. The van der Waals surface area contributed by atoms with Crippen molar-refractivity contribution in [1.29, 1.82) is 0 Å². The molecule has 1 rings (SSSR count). The average Bonchev–Trinajstić information content (AvgIpc) is 2.08. The van der Waals surface area contributed by atoms with Gasteiger partial charge in [0.05, 0.1) is 12.8 Å². The lowest BCUT2D eigenvalue weighted by Crippen LogP contribution is -1.92. The zero-order chi connectivity index (χ0) is 10.6. The van der Waals surface area contributed by atoms with Crippen molar-refractivity contribution in [2.24, 2.45) is 0 Å². The van der Waals surface area contributed by atoms with Crippen LogP contribution in [0.5, 0.6) is 0 Å². The third-order valence-electron chi connectivity index (χ3n) is 1.63. The van der Waals surface area contributed by atoms with Gasteiger partial charge in [0.15, 0.2) is 0 Å². The summed E-state index contributed by atoms with van der Waals surface area (Å²) in [7, 11) is -3.44. The molecule has 0 spiro atoms. The molecule has 0 heterocycles. The minimum atomic E-state index is -3.44. The van der Waals surface area contributed by atoms with Crippen LogP contribution >= 0.6 is 23.5 Å². The highest BCUT2D eigenvalue weighted by Crippen LogP contribution is 2.45. The SMILES string of the molecule is CCOP(=O)(O)Cc1ccc(Br)cc1. The van der Waals surface area contributed by atoms with E-state index in [1.807, 2.05) is 12.1 Å². The zero-order valence-corrected chi connectivity index (χ0v) is 10.3. The van der Waals surface area contributed by atoms with E-state index >= 15 is 0 Å². The molecule has 0 saturated heterocycles. The molecule has 1 aromatic rings. The summed E-state index contributed by atoms with van der Waals surface area (Å²) < 4.78 is 17.1. The molecule has 0 aliphatic heterocycles. The molecule has 0 saturated carbocycles. The fourth-order valence-corrected chi connectivity index (χ4v) is 2.50. The van der Waals surface area contributed by atoms with Crippen LogP contribution in [-0.4, -0.2) is 11.5 Å². The van der Waals surface area contributed by atoms with E-state index in [1.165, 1.54) is 0 Å². The fourth-order valence-electron chi connectivity index (χ4n) is 1.07. The van der Waals surface area contributed by atoms with Gasteiger partial charge in [-0.05, 0) is 24.6 Å². The van der Waals surface area contributed by atoms with Gasteiger partial charge < -0.3 is 9.42 Å². The van der Waals surface area contributed by atoms with Gasteiger partial charge in [-0.15, -0.1) is 0 Å². The van der Waals surface area contributed by atoms with E-state index in [4.69, 9.17) is 4.52 Å². The van der Waals surface area contributed by atoms with Gasteiger partial charge in [-0.1, -0.05) is 28.1 Å². The van der Waals surface area contributed by atoms with Crippen LogP contribution in [0.15, 0.2) is 28.7 Å². The topological polar surface area (TPSA) is 46.5 Å². The van der Waals surface area contributed by atoms with Crippen molar-refractivity contribution in [2.45, 2.75) is 13.1 Å². The van der Waals surface area contributed by atoms with Crippen molar-refractivity contribution in [3.8, 4) is 0 Å². The van der Waals surface area contributed by atoms with Gasteiger partial charge in [0.1, 0.15) is 0 Å². The molecule has 1 atom stereocenters. The van der Waals surface area contributed by atoms with Crippen LogP contribution in [0.25, 0.3) is 0 Å². The molecule has 0 aromatic heterocycles. The quantitative estimate of drug-likeness (QED) is 0.861. The number of hydrogen-bond acceptors (Lipinski definition) is 2. The van der Waals surface area contributed by atoms with E-state index in [2.05, 4.69) is 15.9 Å². The molecule has 0 radical (unpaired) electrons. The molecule has 5 heteroatoms. The largest absolute Gasteiger partial charge is 0.332 e. The molecule has 0 aliphatic carbocycles. The van der Waals surface area contributed by atoms with Crippen molar-refractivity contribution >= 4 is 23.5 Å². The lowest BCUT2D eigenvalue weighted by Gasteiger charge is -2.10. The fraction of sp³-hybridized carbons (Fsp3) is 0.333. The molecule has 0 fully saturated rings. The maximum Gasteiger partial charge on any atom is 0.332 e. The first-order valence-corrected chi connectivity index (χ1v) is 6.80. The average molecular weight is 279 g/mol. The zero-order valence-electron chi connectivity index (χ0n) is 7.81. The molecule has 78 valence electrons. The summed E-state index contributed by atoms with van der Waals surface area (Å²) in [5, 5.41) is 0. The van der Waals surface area contributed by atoms with Crippen molar-refractivity contribution in [1.82, 2.24) is 0 Å². The molecular weight excluding hydrogens is 267 g/mol. The van der Waals surface area contributed by atoms with Crippen LogP contribution in [-0.2, 0) is 15.3 Å². The number of benzene rings is 1. The first kappa shape index (κ1) is 11.9. The van der Waals surface area contributed by atoms with E-state index < -0.39 is 7.60 Å². The molecular formula is C9H12BrO3P. The Balaban J connectivity index is 2.69. The highest BCUT2D eigenvalue weighted by atomic mass is 79.9. The number of rotatable bonds is 4. The molecule has 1 unspecified atom stereocenters. The van der Waals surface area contributed by atoms with Gasteiger partial charge >= 0.3 is 7.60 Å². The smallest absolute Gasteiger partial charge is 0.324 e. The van der Waals surface area contributed by atoms with E-state index in [-0.39, 0.29) is 12.8 Å². The standard InChI is InChI=1S/C9H12BrO3P/c1-2-13-14(11,12)7-8-3-5-9(10)6-4-8/h3-6H,2,7H2,1H3,(H,11,12). The van der Waals surface area contributed by atoms with Crippen molar-refractivity contribution < 1.29 is 14.0 Å². The Bertz CT molecular complexity index is 336. The Morgan fingerprint density at radius 1 is 1.43 bits per heavy atom. The Morgan fingerprint density at radius 2 is 2.00 bits per heavy atom. The molecule has 0 aliphatic rings. The van der Waals surface area contributed by atoms with Gasteiger partial charge in [-0.3, -0.25) is 4.57 Å². The summed E-state index contributed by atoms with van der Waals surface area (Å²) in [6.45, 7) is 1.95. The lowest BCUT2D eigenvalue weighted by atomic mass is 10.2. The minimum Gasteiger partial charge on any atom is -0.324 e. The second-order valence-corrected chi connectivity index (χ2v) is 5.60. The van der Waals surface area contributed by atoms with Gasteiger partial charge in [0, 0.05) is 4.47 Å². The van der Waals surface area contributed by atoms with Gasteiger partial charge in [-0.2, -0.15) is 0 Å². The van der Waals surface area contributed by atoms with E-state index in [1.54, 1.807) is 19.1 Å². The lowest BCUT2D eigenvalue weighted by molar-refractivity contribution is 0.272. The first-order chi connectivity index (χ1) is 6.53. The summed E-state index contributed by atoms with van der Waals surface area (Å²) >= 11 is 3.29. The molecule has 14 heavy (non-hydrogen) atoms. The summed E-state index contributed by atoms with van der Waals surface area (Å²) in [5.74, 6) is 0. The van der Waals surface area contributed by atoms with Crippen LogP contribution in [0.2, 0.25) is 0 Å². The predicted molar refractivity (Wildman–Crippen MR) is 59.3 cm³/mol. The highest BCUT2D eigenvalue weighted by Gasteiger charge is 2.18. The first-order valence-electron chi connectivity index (χ1n) is 4.24. The van der Waals surface area contributed by atoms with Gasteiger partial charge in [-0.25, -0.2) is 0 Å². The number of hydrogen-bond donors (Lipinski definition) is 1. The third kappa shape index (κ3) is 3.93. The van der Waals surface area contributed by atoms with Crippen LogP contribution in [0.1, 0.15) is 12.5 Å². The summed E-state index contributed by atoms with van der Waals surface area (Å²) in [5.41, 5.74) is 0.799. The van der Waals surface area contributed by atoms with E-state index in [0.717, 1.165) is 10.0 Å². The molecule has 1 aromatic carbocycles. The van der Waals surface area contributed by atoms with Crippen molar-refractivity contribution in [2.75, 3.05) is 6.61 Å². The van der Waals surface area contributed by atoms with E-state index in [0.29, 0.717) is 0 Å². The molecule has 1 N–H and O–H groups in total. The summed E-state index contributed by atoms with van der Waals surface area (Å²) in [4.78, 5) is 9.36. The normalized spacial score (nSPS) is 15.1. The monoisotopic (exact) mass is 278 g/mol. The van der Waals surface area contributed by atoms with Crippen LogP contribution < -0.4 is 0 Å². The second-order valence-electron chi connectivity index (χ2n) is 2.84. The van der Waals surface area contributed by atoms with Crippen LogP contribution in [0, 0.1) is 0 Å². The molecule has 0 bridgehead atoms. The summed E-state index contributed by atoms with van der Waals surface area (Å²) in [6.07, 6.45) is 0.0636. The second kappa shape index (κ2) is 5.08. The third-order valence-corrected chi connectivity index (χ3v) is 3.58. The van der Waals surface area contributed by atoms with Crippen LogP contribution in [0.4, 0.5) is 0 Å². The van der Waals surface area contributed by atoms with E-state index in [9.17, 15) is 9.46 Å². The maximum atomic E-state index is 11.4. The van der Waals surface area contributed by atoms with Crippen LogP contribution in [0.3, 0.4) is 0 Å². The van der Waals surface area contributed by atoms with Gasteiger partial charge in [0.25, 0.3) is 0 Å². The van der Waals surface area contributed by atoms with Gasteiger partial charge in [0.2, 0.25) is 0 Å². The Kier molecular flexibility index (Phi) is 4.32.